The Hall–Kier alpha value is -1.21. The highest BCUT2D eigenvalue weighted by Crippen LogP contribution is 2.33. The monoisotopic (exact) mass is 1380 g/mol. The number of unbranched alkanes of at least 4 members (excludes halogenated alkanes) is 49. The summed E-state index contributed by atoms with van der Waals surface area (Å²) in [5, 5.41) is 121. The summed E-state index contributed by atoms with van der Waals surface area (Å²) < 4.78 is 34.5. The zero-order chi connectivity index (χ0) is 69.6. The average Bonchev–Trinajstić information content (AvgIpc) is 1.09. The van der Waals surface area contributed by atoms with Crippen molar-refractivity contribution in [3.05, 3.63) is 0 Å². The van der Waals surface area contributed by atoms with Crippen molar-refractivity contribution >= 4 is 5.91 Å². The molecule has 0 radical (unpaired) electrons. The van der Waals surface area contributed by atoms with E-state index in [9.17, 15) is 61.0 Å². The molecule has 17 atom stereocenters. The van der Waals surface area contributed by atoms with Gasteiger partial charge in [0.25, 0.3) is 0 Å². The van der Waals surface area contributed by atoms with Crippen molar-refractivity contribution in [2.24, 2.45) is 0 Å². The smallest absolute Gasteiger partial charge is 0.220 e. The zero-order valence-electron chi connectivity index (χ0n) is 60.9. The van der Waals surface area contributed by atoms with E-state index in [2.05, 4.69) is 19.2 Å². The lowest BCUT2D eigenvalue weighted by atomic mass is 9.96. The summed E-state index contributed by atoms with van der Waals surface area (Å²) in [6.07, 6.45) is 40.5. The minimum atomic E-state index is -1.97. The predicted molar refractivity (Wildman–Crippen MR) is 379 cm³/mol. The summed E-state index contributed by atoms with van der Waals surface area (Å²) in [7, 11) is 0. The number of amides is 1. The van der Waals surface area contributed by atoms with Gasteiger partial charge in [-0.2, -0.15) is 0 Å². The second kappa shape index (κ2) is 59.2. The molecule has 96 heavy (non-hydrogen) atoms. The molecular weight excluding hydrogens is 1230 g/mol. The minimum absolute atomic E-state index is 0.232. The van der Waals surface area contributed by atoms with Crippen molar-refractivity contribution in [2.45, 2.75) is 458 Å². The average molecular weight is 1380 g/mol. The van der Waals surface area contributed by atoms with Gasteiger partial charge in [-0.25, -0.2) is 0 Å². The van der Waals surface area contributed by atoms with E-state index in [0.717, 1.165) is 44.9 Å². The van der Waals surface area contributed by atoms with Gasteiger partial charge in [-0.1, -0.05) is 335 Å². The van der Waals surface area contributed by atoms with Gasteiger partial charge in [0.2, 0.25) is 5.91 Å². The standard InChI is InChI=1S/C77H149NO18/c1-3-5-7-9-11-13-15-17-19-21-23-25-27-29-30-31-33-35-37-39-41-43-45-47-49-51-53-55-65(83)78-60(61(82)54-52-50-48-46-44-42-40-38-36-34-32-28-26-24-22-20-18-16-14-12-10-8-6-4-2)59-91-75-71(89)68(86)73(63(57-80)93-75)96-77-72(90)69(87)74(64(58-81)94-77)95-76-70(88)67(85)66(84)62(56-79)92-76/h60-64,66-77,79-82,84-90H,3-59H2,1-2H3,(H,78,83). The minimum Gasteiger partial charge on any atom is -0.394 e. The third-order valence-electron chi connectivity index (χ3n) is 20.7. The van der Waals surface area contributed by atoms with E-state index in [1.54, 1.807) is 0 Å². The Labute approximate surface area is 583 Å². The molecule has 19 heteroatoms. The van der Waals surface area contributed by atoms with Gasteiger partial charge < -0.3 is 89.9 Å². The fourth-order valence-electron chi connectivity index (χ4n) is 14.2. The first kappa shape index (κ1) is 89.0. The third kappa shape index (κ3) is 39.4. The third-order valence-corrected chi connectivity index (χ3v) is 20.7. The summed E-state index contributed by atoms with van der Waals surface area (Å²) in [6.45, 7) is 1.88. The van der Waals surface area contributed by atoms with Crippen LogP contribution in [0, 0.1) is 0 Å². The van der Waals surface area contributed by atoms with Gasteiger partial charge in [0.1, 0.15) is 73.2 Å². The molecule has 3 aliphatic rings. The Morgan fingerprint density at radius 2 is 0.594 bits per heavy atom. The number of nitrogens with one attached hydrogen (secondary N) is 1. The molecule has 1 amide bonds. The summed E-state index contributed by atoms with van der Waals surface area (Å²) >= 11 is 0. The van der Waals surface area contributed by atoms with E-state index in [-0.39, 0.29) is 18.9 Å². The molecule has 0 spiro atoms. The van der Waals surface area contributed by atoms with Crippen LogP contribution < -0.4 is 5.32 Å². The second-order valence-electron chi connectivity index (χ2n) is 29.2. The topological polar surface area (TPSA) is 307 Å². The van der Waals surface area contributed by atoms with Gasteiger partial charge in [-0.15, -0.1) is 0 Å². The van der Waals surface area contributed by atoms with Gasteiger partial charge in [0.05, 0.1) is 38.6 Å². The van der Waals surface area contributed by atoms with Crippen LogP contribution in [0.3, 0.4) is 0 Å². The summed E-state index contributed by atoms with van der Waals surface area (Å²) in [4.78, 5) is 13.5. The van der Waals surface area contributed by atoms with Crippen LogP contribution in [0.15, 0.2) is 0 Å². The summed E-state index contributed by atoms with van der Waals surface area (Å²) in [5.41, 5.74) is 0. The largest absolute Gasteiger partial charge is 0.394 e. The maximum atomic E-state index is 13.5. The Bertz CT molecular complexity index is 1740. The van der Waals surface area contributed by atoms with Gasteiger partial charge in [-0.05, 0) is 12.8 Å². The Balaban J connectivity index is 1.37. The van der Waals surface area contributed by atoms with Gasteiger partial charge in [-0.3, -0.25) is 4.79 Å². The van der Waals surface area contributed by atoms with Crippen LogP contribution in [-0.2, 0) is 33.2 Å². The first-order chi connectivity index (χ1) is 46.8. The molecule has 0 aromatic rings. The van der Waals surface area contributed by atoms with Gasteiger partial charge >= 0.3 is 0 Å². The number of rotatable bonds is 65. The molecule has 0 aromatic heterocycles. The maximum absolute atomic E-state index is 13.5. The SMILES string of the molecule is CCCCCCCCCCCCCCCCCCCCCCCCCCCCCC(=O)NC(COC1OC(CO)C(OC2OC(CO)C(OC3OC(CO)C(O)C(O)C3O)C(O)C2O)C(O)C1O)C(O)CCCCCCCCCCCCCCCCCCCCCCCCCC. The zero-order valence-corrected chi connectivity index (χ0v) is 60.9. The highest BCUT2D eigenvalue weighted by atomic mass is 16.8. The number of hydrogen-bond acceptors (Lipinski definition) is 18. The molecule has 0 saturated carbocycles. The van der Waals surface area contributed by atoms with Crippen molar-refractivity contribution < 1.29 is 89.4 Å². The van der Waals surface area contributed by atoms with Crippen LogP contribution >= 0.6 is 0 Å². The van der Waals surface area contributed by atoms with E-state index in [0.29, 0.717) is 12.8 Å². The molecule has 19 nitrogen and oxygen atoms in total. The number of ether oxygens (including phenoxy) is 6. The molecule has 0 aromatic carbocycles. The van der Waals surface area contributed by atoms with E-state index in [4.69, 9.17) is 28.4 Å². The van der Waals surface area contributed by atoms with Gasteiger partial charge in [0.15, 0.2) is 18.9 Å². The van der Waals surface area contributed by atoms with Crippen molar-refractivity contribution in [2.75, 3.05) is 26.4 Å². The van der Waals surface area contributed by atoms with E-state index in [1.165, 1.54) is 276 Å². The van der Waals surface area contributed by atoms with Crippen LogP contribution in [0.5, 0.6) is 0 Å². The molecule has 17 unspecified atom stereocenters. The van der Waals surface area contributed by atoms with Crippen LogP contribution in [0.25, 0.3) is 0 Å². The summed E-state index contributed by atoms with van der Waals surface area (Å²) in [5.74, 6) is -0.232. The molecule has 3 rings (SSSR count). The first-order valence-electron chi connectivity index (χ1n) is 40.3. The normalized spacial score (nSPS) is 26.9. The Morgan fingerprint density at radius 3 is 0.906 bits per heavy atom. The number of aliphatic hydroxyl groups is 11. The molecule has 3 saturated heterocycles. The second-order valence-corrected chi connectivity index (χ2v) is 29.2. The van der Waals surface area contributed by atoms with Gasteiger partial charge in [0, 0.05) is 6.42 Å². The summed E-state index contributed by atoms with van der Waals surface area (Å²) in [6, 6.07) is -0.883. The van der Waals surface area contributed by atoms with E-state index in [1.807, 2.05) is 0 Å². The first-order valence-corrected chi connectivity index (χ1v) is 40.3. The lowest BCUT2D eigenvalue weighted by Crippen LogP contribution is -2.66. The molecular formula is C77H149NO18. The number of carbonyl (C=O) groups excluding carboxylic acids is 1. The van der Waals surface area contributed by atoms with Crippen molar-refractivity contribution in [3.8, 4) is 0 Å². The fraction of sp³-hybridized carbons (Fsp3) is 0.987. The highest BCUT2D eigenvalue weighted by Gasteiger charge is 2.54. The van der Waals surface area contributed by atoms with Crippen LogP contribution in [0.1, 0.15) is 354 Å². The molecule has 3 heterocycles. The number of aliphatic hydroxyl groups excluding tert-OH is 11. The Morgan fingerprint density at radius 1 is 0.333 bits per heavy atom. The fourth-order valence-corrected chi connectivity index (χ4v) is 14.2. The van der Waals surface area contributed by atoms with Crippen molar-refractivity contribution in [3.63, 3.8) is 0 Å². The molecule has 0 bridgehead atoms. The number of carbonyl (C=O) groups is 1. The quantitative estimate of drug-likeness (QED) is 0.0252. The van der Waals surface area contributed by atoms with Crippen molar-refractivity contribution in [1.29, 1.82) is 0 Å². The highest BCUT2D eigenvalue weighted by molar-refractivity contribution is 5.76. The number of hydrogen-bond donors (Lipinski definition) is 12. The molecule has 0 aliphatic carbocycles. The Kier molecular flexibility index (Phi) is 54.9. The van der Waals surface area contributed by atoms with Crippen LogP contribution in [0.4, 0.5) is 0 Å². The van der Waals surface area contributed by atoms with E-state index >= 15 is 0 Å². The molecule has 12 N–H and O–H groups in total. The molecule has 3 fully saturated rings. The lowest BCUT2D eigenvalue weighted by Gasteiger charge is -2.48. The van der Waals surface area contributed by atoms with Crippen LogP contribution in [-0.4, -0.2) is 193 Å². The van der Waals surface area contributed by atoms with E-state index < -0.39 is 124 Å². The lowest BCUT2D eigenvalue weighted by molar-refractivity contribution is -0.379. The van der Waals surface area contributed by atoms with Crippen LogP contribution in [0.2, 0.25) is 0 Å². The maximum Gasteiger partial charge on any atom is 0.220 e. The molecule has 570 valence electrons. The molecule has 3 aliphatic heterocycles. The van der Waals surface area contributed by atoms with Crippen molar-refractivity contribution in [1.82, 2.24) is 5.32 Å². The predicted octanol–water partition coefficient (Wildman–Crippen LogP) is 13.0.